The van der Waals surface area contributed by atoms with Gasteiger partial charge < -0.3 is 0 Å². The standard InChI is InChI=1S/C13H11Cl3N2/c14-9-3-1-2-8(6-9)13(18-17)11-5-4-10(15)7-12(11)16/h1-7,13,18H,17H2. The van der Waals surface area contributed by atoms with Gasteiger partial charge in [-0.05, 0) is 35.4 Å². The molecule has 0 radical (unpaired) electrons. The van der Waals surface area contributed by atoms with Crippen molar-refractivity contribution < 1.29 is 0 Å². The quantitative estimate of drug-likeness (QED) is 0.658. The highest BCUT2D eigenvalue weighted by Crippen LogP contribution is 2.30. The number of hydrogen-bond acceptors (Lipinski definition) is 2. The average Bonchev–Trinajstić information content (AvgIpc) is 2.33. The summed E-state index contributed by atoms with van der Waals surface area (Å²) in [7, 11) is 0. The van der Waals surface area contributed by atoms with Crippen molar-refractivity contribution in [3.8, 4) is 0 Å². The molecule has 3 N–H and O–H groups in total. The molecule has 5 heteroatoms. The van der Waals surface area contributed by atoms with Gasteiger partial charge in [-0.3, -0.25) is 5.84 Å². The summed E-state index contributed by atoms with van der Waals surface area (Å²) < 4.78 is 0. The minimum Gasteiger partial charge on any atom is -0.271 e. The summed E-state index contributed by atoms with van der Waals surface area (Å²) in [6.07, 6.45) is 0. The molecule has 2 aromatic rings. The summed E-state index contributed by atoms with van der Waals surface area (Å²) in [4.78, 5) is 0. The lowest BCUT2D eigenvalue weighted by atomic mass is 9.99. The van der Waals surface area contributed by atoms with Crippen LogP contribution < -0.4 is 11.3 Å². The van der Waals surface area contributed by atoms with E-state index in [0.717, 1.165) is 11.1 Å². The minimum atomic E-state index is -0.228. The number of hydrazine groups is 1. The molecule has 0 amide bonds. The second-order valence-corrected chi connectivity index (χ2v) is 5.10. The van der Waals surface area contributed by atoms with Crippen molar-refractivity contribution in [3.63, 3.8) is 0 Å². The van der Waals surface area contributed by atoms with Gasteiger partial charge in [0.2, 0.25) is 0 Å². The lowest BCUT2D eigenvalue weighted by molar-refractivity contribution is 0.637. The van der Waals surface area contributed by atoms with E-state index in [2.05, 4.69) is 5.43 Å². The van der Waals surface area contributed by atoms with Crippen LogP contribution in [0.2, 0.25) is 15.1 Å². The molecule has 0 aliphatic heterocycles. The lowest BCUT2D eigenvalue weighted by Crippen LogP contribution is -2.29. The molecule has 94 valence electrons. The van der Waals surface area contributed by atoms with E-state index < -0.39 is 0 Å². The predicted molar refractivity (Wildman–Crippen MR) is 77.1 cm³/mol. The third-order valence-electron chi connectivity index (χ3n) is 2.62. The fourth-order valence-electron chi connectivity index (χ4n) is 1.79. The molecule has 0 fully saturated rings. The normalized spacial score (nSPS) is 12.4. The van der Waals surface area contributed by atoms with Crippen molar-refractivity contribution >= 4 is 34.8 Å². The molecule has 1 unspecified atom stereocenters. The van der Waals surface area contributed by atoms with Crippen molar-refractivity contribution in [2.24, 2.45) is 5.84 Å². The zero-order valence-electron chi connectivity index (χ0n) is 9.33. The summed E-state index contributed by atoms with van der Waals surface area (Å²) in [6, 6.07) is 12.5. The fraction of sp³-hybridized carbons (Fsp3) is 0.0769. The Balaban J connectivity index is 2.45. The molecule has 0 aliphatic rings. The summed E-state index contributed by atoms with van der Waals surface area (Å²) >= 11 is 18.0. The first-order valence-electron chi connectivity index (χ1n) is 5.28. The van der Waals surface area contributed by atoms with Gasteiger partial charge >= 0.3 is 0 Å². The van der Waals surface area contributed by atoms with Crippen LogP contribution in [0.25, 0.3) is 0 Å². The molecular formula is C13H11Cl3N2. The third kappa shape index (κ3) is 2.97. The van der Waals surface area contributed by atoms with Crippen LogP contribution in [0.1, 0.15) is 17.2 Å². The van der Waals surface area contributed by atoms with Gasteiger partial charge in [0, 0.05) is 15.1 Å². The Labute approximate surface area is 121 Å². The molecule has 2 nitrogen and oxygen atoms in total. The van der Waals surface area contributed by atoms with Crippen molar-refractivity contribution in [2.45, 2.75) is 6.04 Å². The lowest BCUT2D eigenvalue weighted by Gasteiger charge is -2.18. The maximum atomic E-state index is 6.18. The van der Waals surface area contributed by atoms with Crippen molar-refractivity contribution in [2.75, 3.05) is 0 Å². The summed E-state index contributed by atoms with van der Waals surface area (Å²) in [5, 5.41) is 1.80. The van der Waals surface area contributed by atoms with Crippen LogP contribution >= 0.6 is 34.8 Å². The maximum absolute atomic E-state index is 6.18. The average molecular weight is 302 g/mol. The van der Waals surface area contributed by atoms with Gasteiger partial charge in [-0.15, -0.1) is 0 Å². The first kappa shape index (κ1) is 13.7. The van der Waals surface area contributed by atoms with Gasteiger partial charge in [0.1, 0.15) is 0 Å². The smallest absolute Gasteiger partial charge is 0.0725 e. The summed E-state index contributed by atoms with van der Waals surface area (Å²) in [5.74, 6) is 5.61. The van der Waals surface area contributed by atoms with Gasteiger partial charge in [-0.25, -0.2) is 5.43 Å². The number of nitrogens with two attached hydrogens (primary N) is 1. The first-order valence-corrected chi connectivity index (χ1v) is 6.41. The van der Waals surface area contributed by atoms with Crippen LogP contribution in [-0.4, -0.2) is 0 Å². The molecule has 0 aliphatic carbocycles. The first-order chi connectivity index (χ1) is 8.61. The SMILES string of the molecule is NNC(c1cccc(Cl)c1)c1ccc(Cl)cc1Cl. The second-order valence-electron chi connectivity index (χ2n) is 3.82. The number of rotatable bonds is 3. The Kier molecular flexibility index (Phi) is 4.49. The van der Waals surface area contributed by atoms with Gasteiger partial charge in [0.25, 0.3) is 0 Å². The van der Waals surface area contributed by atoms with Gasteiger partial charge in [0.15, 0.2) is 0 Å². The molecule has 0 saturated carbocycles. The fourth-order valence-corrected chi connectivity index (χ4v) is 2.50. The van der Waals surface area contributed by atoms with E-state index in [4.69, 9.17) is 40.6 Å². The molecule has 0 bridgehead atoms. The van der Waals surface area contributed by atoms with Crippen LogP contribution in [0.3, 0.4) is 0 Å². The summed E-state index contributed by atoms with van der Waals surface area (Å²) in [6.45, 7) is 0. The van der Waals surface area contributed by atoms with E-state index in [-0.39, 0.29) is 6.04 Å². The van der Waals surface area contributed by atoms with E-state index in [9.17, 15) is 0 Å². The highest BCUT2D eigenvalue weighted by molar-refractivity contribution is 6.35. The molecule has 18 heavy (non-hydrogen) atoms. The Morgan fingerprint density at radius 3 is 2.28 bits per heavy atom. The largest absolute Gasteiger partial charge is 0.271 e. The number of hydrogen-bond donors (Lipinski definition) is 2. The van der Waals surface area contributed by atoms with Crippen LogP contribution in [-0.2, 0) is 0 Å². The number of benzene rings is 2. The molecule has 2 aromatic carbocycles. The van der Waals surface area contributed by atoms with Gasteiger partial charge in [-0.1, -0.05) is 53.0 Å². The monoisotopic (exact) mass is 300 g/mol. The molecule has 0 heterocycles. The number of nitrogens with one attached hydrogen (secondary N) is 1. The van der Waals surface area contributed by atoms with E-state index in [1.165, 1.54) is 0 Å². The second kappa shape index (κ2) is 5.91. The Morgan fingerprint density at radius 2 is 1.67 bits per heavy atom. The molecule has 2 rings (SSSR count). The van der Waals surface area contributed by atoms with Crippen molar-refractivity contribution in [3.05, 3.63) is 68.7 Å². The van der Waals surface area contributed by atoms with Gasteiger partial charge in [-0.2, -0.15) is 0 Å². The molecule has 0 aromatic heterocycles. The highest BCUT2D eigenvalue weighted by Gasteiger charge is 2.15. The molecule has 0 spiro atoms. The highest BCUT2D eigenvalue weighted by atomic mass is 35.5. The van der Waals surface area contributed by atoms with Crippen LogP contribution in [0.15, 0.2) is 42.5 Å². The third-order valence-corrected chi connectivity index (χ3v) is 3.42. The maximum Gasteiger partial charge on any atom is 0.0725 e. The Bertz CT molecular complexity index is 558. The van der Waals surface area contributed by atoms with Crippen LogP contribution in [0, 0.1) is 0 Å². The van der Waals surface area contributed by atoms with E-state index >= 15 is 0 Å². The summed E-state index contributed by atoms with van der Waals surface area (Å²) in [5.41, 5.74) is 4.53. The van der Waals surface area contributed by atoms with E-state index in [1.54, 1.807) is 12.1 Å². The Hall–Kier alpha value is -0.770. The van der Waals surface area contributed by atoms with Gasteiger partial charge in [0.05, 0.1) is 6.04 Å². The van der Waals surface area contributed by atoms with E-state index in [1.807, 2.05) is 30.3 Å². The van der Waals surface area contributed by atoms with Crippen LogP contribution in [0.4, 0.5) is 0 Å². The number of halogens is 3. The predicted octanol–water partition coefficient (Wildman–Crippen LogP) is 4.20. The minimum absolute atomic E-state index is 0.228. The molecule has 1 atom stereocenters. The van der Waals surface area contributed by atoms with Crippen LogP contribution in [0.5, 0.6) is 0 Å². The zero-order chi connectivity index (χ0) is 13.1. The van der Waals surface area contributed by atoms with Crippen molar-refractivity contribution in [1.82, 2.24) is 5.43 Å². The molecule has 0 saturated heterocycles. The topological polar surface area (TPSA) is 38.0 Å². The molecular weight excluding hydrogens is 291 g/mol. The zero-order valence-corrected chi connectivity index (χ0v) is 11.6. The van der Waals surface area contributed by atoms with Crippen molar-refractivity contribution in [1.29, 1.82) is 0 Å². The Morgan fingerprint density at radius 1 is 0.944 bits per heavy atom. The van der Waals surface area contributed by atoms with E-state index in [0.29, 0.717) is 15.1 Å².